The Morgan fingerprint density at radius 2 is 1.81 bits per heavy atom. The van der Waals surface area contributed by atoms with E-state index in [0.29, 0.717) is 10.8 Å². The van der Waals surface area contributed by atoms with Gasteiger partial charge in [0.25, 0.3) is 0 Å². The molecule has 2 amide bonds. The zero-order valence-corrected chi connectivity index (χ0v) is 15.7. The first-order valence-electron chi connectivity index (χ1n) is 8.71. The Labute approximate surface area is 160 Å². The number of urea groups is 1. The van der Waals surface area contributed by atoms with Crippen LogP contribution in [0.5, 0.6) is 6.01 Å². The fourth-order valence-corrected chi connectivity index (χ4v) is 3.71. The first-order valence-corrected chi connectivity index (χ1v) is 9.59. The van der Waals surface area contributed by atoms with Gasteiger partial charge >= 0.3 is 12.0 Å². The number of rotatable bonds is 3. The van der Waals surface area contributed by atoms with Crippen LogP contribution in [0.15, 0.2) is 53.2 Å². The second kappa shape index (κ2) is 7.71. The maximum atomic E-state index is 12.3. The minimum Gasteiger partial charge on any atom is -0.467 e. The van der Waals surface area contributed by atoms with Gasteiger partial charge in [0.15, 0.2) is 4.80 Å². The van der Waals surface area contributed by atoms with E-state index in [4.69, 9.17) is 4.74 Å². The van der Waals surface area contributed by atoms with Gasteiger partial charge < -0.3 is 9.64 Å². The maximum absolute atomic E-state index is 12.3. The number of amides is 2. The number of carbonyl (C=O) groups is 1. The molecule has 8 heteroatoms. The van der Waals surface area contributed by atoms with Crippen molar-refractivity contribution in [3.63, 3.8) is 0 Å². The Kier molecular flexibility index (Phi) is 4.97. The van der Waals surface area contributed by atoms with Crippen LogP contribution in [0.25, 0.3) is 16.8 Å². The lowest BCUT2D eigenvalue weighted by atomic mass is 10.1. The second-order valence-corrected chi connectivity index (χ2v) is 7.02. The molecule has 1 aliphatic heterocycles. The minimum absolute atomic E-state index is 0.157. The standard InChI is InChI=1S/C19H19N5O2S/c1-26-17-20-12-15(13-21-17)14-4-6-16(7-5-14)24-10-11-27-19(24)22-18(25)23-8-2-3-9-23/h4-7,10-13H,2-3,8-9H2,1H3. The van der Waals surface area contributed by atoms with E-state index in [1.54, 1.807) is 24.4 Å². The molecule has 0 bridgehead atoms. The van der Waals surface area contributed by atoms with Gasteiger partial charge in [-0.05, 0) is 30.5 Å². The highest BCUT2D eigenvalue weighted by atomic mass is 32.1. The van der Waals surface area contributed by atoms with Crippen molar-refractivity contribution in [2.75, 3.05) is 20.2 Å². The third kappa shape index (κ3) is 3.75. The highest BCUT2D eigenvalue weighted by Gasteiger charge is 2.17. The zero-order chi connectivity index (χ0) is 18.6. The van der Waals surface area contributed by atoms with Crippen molar-refractivity contribution < 1.29 is 9.53 Å². The van der Waals surface area contributed by atoms with Crippen molar-refractivity contribution >= 4 is 17.4 Å². The van der Waals surface area contributed by atoms with Crippen molar-refractivity contribution in [2.24, 2.45) is 4.99 Å². The lowest BCUT2D eigenvalue weighted by molar-refractivity contribution is 0.218. The first-order chi connectivity index (χ1) is 13.2. The maximum Gasteiger partial charge on any atom is 0.346 e. The SMILES string of the molecule is COc1ncc(-c2ccc(-n3ccsc3=NC(=O)N3CCCC3)cc2)cn1. The lowest BCUT2D eigenvalue weighted by Gasteiger charge is -2.10. The molecule has 0 radical (unpaired) electrons. The zero-order valence-electron chi connectivity index (χ0n) is 14.9. The van der Waals surface area contributed by atoms with Gasteiger partial charge in [-0.25, -0.2) is 14.8 Å². The van der Waals surface area contributed by atoms with Gasteiger partial charge in [0, 0.05) is 48.3 Å². The summed E-state index contributed by atoms with van der Waals surface area (Å²) in [4.78, 5) is 27.4. The Morgan fingerprint density at radius 3 is 2.48 bits per heavy atom. The van der Waals surface area contributed by atoms with E-state index in [2.05, 4.69) is 15.0 Å². The molecular formula is C19H19N5O2S. The molecule has 3 heterocycles. The highest BCUT2D eigenvalue weighted by molar-refractivity contribution is 7.07. The minimum atomic E-state index is -0.157. The number of thiazole rings is 1. The number of hydrogen-bond acceptors (Lipinski definition) is 5. The molecule has 3 aromatic rings. The van der Waals surface area contributed by atoms with E-state index in [0.717, 1.165) is 42.7 Å². The van der Waals surface area contributed by atoms with Crippen LogP contribution in [0.2, 0.25) is 0 Å². The number of nitrogens with zero attached hydrogens (tertiary/aromatic N) is 5. The van der Waals surface area contributed by atoms with Crippen molar-refractivity contribution in [2.45, 2.75) is 12.8 Å². The lowest BCUT2D eigenvalue weighted by Crippen LogP contribution is -2.27. The molecule has 0 unspecified atom stereocenters. The van der Waals surface area contributed by atoms with Crippen molar-refractivity contribution in [3.8, 4) is 22.8 Å². The average Bonchev–Trinajstić information content (AvgIpc) is 3.40. The monoisotopic (exact) mass is 381 g/mol. The molecule has 1 aliphatic rings. The largest absolute Gasteiger partial charge is 0.467 e. The molecule has 0 spiro atoms. The van der Waals surface area contributed by atoms with Crippen LogP contribution in [0, 0.1) is 0 Å². The number of hydrogen-bond donors (Lipinski definition) is 0. The Balaban J connectivity index is 1.59. The Hall–Kier alpha value is -3.00. The summed E-state index contributed by atoms with van der Waals surface area (Å²) < 4.78 is 6.91. The molecule has 0 atom stereocenters. The van der Waals surface area contributed by atoms with E-state index in [1.165, 1.54) is 11.3 Å². The normalized spacial score (nSPS) is 14.6. The summed E-state index contributed by atoms with van der Waals surface area (Å²) in [5, 5.41) is 1.93. The summed E-state index contributed by atoms with van der Waals surface area (Å²) in [6.07, 6.45) is 7.50. The topological polar surface area (TPSA) is 72.6 Å². The summed E-state index contributed by atoms with van der Waals surface area (Å²) in [7, 11) is 1.54. The molecule has 0 saturated carbocycles. The number of ether oxygens (including phenoxy) is 1. The summed E-state index contributed by atoms with van der Waals surface area (Å²) in [6, 6.07) is 8.17. The molecule has 1 saturated heterocycles. The van der Waals surface area contributed by atoms with Crippen LogP contribution in [0.1, 0.15) is 12.8 Å². The average molecular weight is 381 g/mol. The van der Waals surface area contributed by atoms with Gasteiger partial charge in [0.2, 0.25) is 0 Å². The van der Waals surface area contributed by atoms with Crippen LogP contribution >= 0.6 is 11.3 Å². The third-order valence-electron chi connectivity index (χ3n) is 4.45. The van der Waals surface area contributed by atoms with Crippen molar-refractivity contribution in [1.29, 1.82) is 0 Å². The fraction of sp³-hybridized carbons (Fsp3) is 0.263. The fourth-order valence-electron chi connectivity index (χ4n) is 3.00. The summed E-state index contributed by atoms with van der Waals surface area (Å²) in [5.41, 5.74) is 2.86. The summed E-state index contributed by atoms with van der Waals surface area (Å²) >= 11 is 1.45. The smallest absolute Gasteiger partial charge is 0.346 e. The molecular weight excluding hydrogens is 362 g/mol. The summed E-state index contributed by atoms with van der Waals surface area (Å²) in [6.45, 7) is 1.60. The predicted molar refractivity (Wildman–Crippen MR) is 103 cm³/mol. The Morgan fingerprint density at radius 1 is 1.11 bits per heavy atom. The molecule has 27 heavy (non-hydrogen) atoms. The van der Waals surface area contributed by atoms with Crippen LogP contribution in [0.3, 0.4) is 0 Å². The van der Waals surface area contributed by atoms with Crippen LogP contribution in [0.4, 0.5) is 4.79 Å². The van der Waals surface area contributed by atoms with Crippen LogP contribution in [-0.4, -0.2) is 45.7 Å². The quantitative estimate of drug-likeness (QED) is 0.699. The predicted octanol–water partition coefficient (Wildman–Crippen LogP) is 3.12. The molecule has 1 aromatic carbocycles. The molecule has 0 aliphatic carbocycles. The first kappa shape index (κ1) is 17.4. The van der Waals surface area contributed by atoms with Gasteiger partial charge in [0.05, 0.1) is 7.11 Å². The van der Waals surface area contributed by atoms with E-state index in [9.17, 15) is 4.79 Å². The number of methoxy groups -OCH3 is 1. The molecule has 2 aromatic heterocycles. The number of benzene rings is 1. The molecule has 1 fully saturated rings. The third-order valence-corrected chi connectivity index (χ3v) is 5.20. The van der Waals surface area contributed by atoms with Gasteiger partial charge in [-0.2, -0.15) is 4.99 Å². The molecule has 7 nitrogen and oxygen atoms in total. The number of carbonyl (C=O) groups excluding carboxylic acids is 1. The second-order valence-electron chi connectivity index (χ2n) is 6.15. The van der Waals surface area contributed by atoms with Crippen molar-refractivity contribution in [1.82, 2.24) is 19.4 Å². The van der Waals surface area contributed by atoms with Crippen LogP contribution < -0.4 is 9.54 Å². The molecule has 0 N–H and O–H groups in total. The van der Waals surface area contributed by atoms with Gasteiger partial charge in [-0.1, -0.05) is 12.1 Å². The van der Waals surface area contributed by atoms with Crippen LogP contribution in [-0.2, 0) is 0 Å². The van der Waals surface area contributed by atoms with Crippen molar-refractivity contribution in [3.05, 3.63) is 53.0 Å². The number of aromatic nitrogens is 3. The van der Waals surface area contributed by atoms with E-state index in [-0.39, 0.29) is 6.03 Å². The number of likely N-dealkylation sites (tertiary alicyclic amines) is 1. The van der Waals surface area contributed by atoms with Gasteiger partial charge in [-0.3, -0.25) is 4.57 Å². The molecule has 138 valence electrons. The summed E-state index contributed by atoms with van der Waals surface area (Å²) in [5.74, 6) is 0. The van der Waals surface area contributed by atoms with E-state index >= 15 is 0 Å². The Bertz CT molecular complexity index is 986. The van der Waals surface area contributed by atoms with E-state index in [1.807, 2.05) is 40.4 Å². The molecule has 4 rings (SSSR count). The van der Waals surface area contributed by atoms with E-state index < -0.39 is 0 Å². The van der Waals surface area contributed by atoms with Gasteiger partial charge in [-0.15, -0.1) is 11.3 Å². The van der Waals surface area contributed by atoms with Gasteiger partial charge in [0.1, 0.15) is 0 Å². The highest BCUT2D eigenvalue weighted by Crippen LogP contribution is 2.20.